The van der Waals surface area contributed by atoms with Crippen LogP contribution >= 0.6 is 22.9 Å². The summed E-state index contributed by atoms with van der Waals surface area (Å²) in [4.78, 5) is 17.6. The standard InChI is InChI=1S/C18H23ClN4OS/c1-3-5-11-23(12-6-4-2)15-9-7-14(8-10-15)21-22-18-20-17(19)16(13-24)25-18/h7-10,13H,3-6,11-12H2,1-2H3. The van der Waals surface area contributed by atoms with E-state index in [1.54, 1.807) is 0 Å². The van der Waals surface area contributed by atoms with Crippen LogP contribution in [0.25, 0.3) is 0 Å². The van der Waals surface area contributed by atoms with E-state index in [-0.39, 0.29) is 5.15 Å². The first-order valence-corrected chi connectivity index (χ1v) is 9.75. The Kier molecular flexibility index (Phi) is 8.01. The molecule has 1 heterocycles. The van der Waals surface area contributed by atoms with Crippen molar-refractivity contribution < 1.29 is 4.79 Å². The number of halogens is 1. The number of anilines is 1. The molecule has 0 unspecified atom stereocenters. The second-order valence-electron chi connectivity index (χ2n) is 5.68. The maximum absolute atomic E-state index is 10.8. The van der Waals surface area contributed by atoms with Crippen molar-refractivity contribution in [3.63, 3.8) is 0 Å². The number of carbonyl (C=O) groups excluding carboxylic acids is 1. The Morgan fingerprint density at radius 1 is 1.12 bits per heavy atom. The number of hydrogen-bond acceptors (Lipinski definition) is 6. The minimum Gasteiger partial charge on any atom is -0.372 e. The van der Waals surface area contributed by atoms with Gasteiger partial charge in [-0.1, -0.05) is 49.6 Å². The zero-order chi connectivity index (χ0) is 18.1. The topological polar surface area (TPSA) is 57.9 Å². The number of nitrogens with zero attached hydrogens (tertiary/aromatic N) is 4. The van der Waals surface area contributed by atoms with Crippen LogP contribution in [0.1, 0.15) is 49.2 Å². The van der Waals surface area contributed by atoms with Crippen LogP contribution in [-0.4, -0.2) is 24.4 Å². The summed E-state index contributed by atoms with van der Waals surface area (Å²) < 4.78 is 0. The van der Waals surface area contributed by atoms with E-state index < -0.39 is 0 Å². The summed E-state index contributed by atoms with van der Waals surface area (Å²) in [5.41, 5.74) is 1.95. The zero-order valence-electron chi connectivity index (χ0n) is 14.6. The fourth-order valence-corrected chi connectivity index (χ4v) is 3.20. The highest BCUT2D eigenvalue weighted by Gasteiger charge is 2.08. The molecule has 0 radical (unpaired) electrons. The van der Waals surface area contributed by atoms with Gasteiger partial charge in [0, 0.05) is 18.8 Å². The lowest BCUT2D eigenvalue weighted by Gasteiger charge is -2.24. The summed E-state index contributed by atoms with van der Waals surface area (Å²) in [6.07, 6.45) is 5.43. The molecule has 0 N–H and O–H groups in total. The quantitative estimate of drug-likeness (QED) is 0.353. The lowest BCUT2D eigenvalue weighted by molar-refractivity contribution is 0.112. The van der Waals surface area contributed by atoms with Crippen LogP contribution in [0.5, 0.6) is 0 Å². The van der Waals surface area contributed by atoms with Gasteiger partial charge in [-0.25, -0.2) is 4.98 Å². The number of unbranched alkanes of at least 4 members (excludes halogenated alkanes) is 2. The Hall–Kier alpha value is -1.79. The van der Waals surface area contributed by atoms with Gasteiger partial charge >= 0.3 is 0 Å². The Morgan fingerprint density at radius 2 is 1.76 bits per heavy atom. The Morgan fingerprint density at radius 3 is 2.28 bits per heavy atom. The van der Waals surface area contributed by atoms with Crippen molar-refractivity contribution >= 4 is 45.7 Å². The second-order valence-corrected chi connectivity index (χ2v) is 7.05. The number of azo groups is 1. The highest BCUT2D eigenvalue weighted by molar-refractivity contribution is 7.17. The van der Waals surface area contributed by atoms with E-state index in [9.17, 15) is 4.79 Å². The highest BCUT2D eigenvalue weighted by Crippen LogP contribution is 2.29. The highest BCUT2D eigenvalue weighted by atomic mass is 35.5. The Bertz CT molecular complexity index is 692. The monoisotopic (exact) mass is 378 g/mol. The molecule has 0 spiro atoms. The van der Waals surface area contributed by atoms with Gasteiger partial charge in [-0.15, -0.1) is 10.2 Å². The summed E-state index contributed by atoms with van der Waals surface area (Å²) in [6.45, 7) is 6.57. The van der Waals surface area contributed by atoms with E-state index in [0.717, 1.165) is 30.1 Å². The average Bonchev–Trinajstić information content (AvgIpc) is 3.00. The molecule has 0 bridgehead atoms. The van der Waals surface area contributed by atoms with Crippen molar-refractivity contribution in [2.24, 2.45) is 10.2 Å². The van der Waals surface area contributed by atoms with Crippen LogP contribution in [-0.2, 0) is 0 Å². The summed E-state index contributed by atoms with van der Waals surface area (Å²) >= 11 is 6.95. The number of hydrogen-bond donors (Lipinski definition) is 0. The molecule has 0 saturated heterocycles. The summed E-state index contributed by atoms with van der Waals surface area (Å²) in [5.74, 6) is 0. The molecule has 5 nitrogen and oxygen atoms in total. The number of aromatic nitrogens is 1. The third kappa shape index (κ3) is 5.90. The van der Waals surface area contributed by atoms with Crippen LogP contribution in [0.3, 0.4) is 0 Å². The van der Waals surface area contributed by atoms with Gasteiger partial charge in [-0.2, -0.15) is 0 Å². The molecule has 0 aliphatic rings. The van der Waals surface area contributed by atoms with Gasteiger partial charge in [-0.05, 0) is 37.1 Å². The predicted molar refractivity (Wildman–Crippen MR) is 105 cm³/mol. The normalized spacial score (nSPS) is 11.2. The molecule has 2 rings (SSSR count). The number of carbonyl (C=O) groups is 1. The molecule has 1 aromatic heterocycles. The van der Waals surface area contributed by atoms with E-state index in [4.69, 9.17) is 11.6 Å². The molecule has 2 aromatic rings. The van der Waals surface area contributed by atoms with Gasteiger partial charge in [0.2, 0.25) is 5.13 Å². The maximum Gasteiger partial charge on any atom is 0.232 e. The predicted octanol–water partition coefficient (Wildman–Crippen LogP) is 6.43. The van der Waals surface area contributed by atoms with Crippen molar-refractivity contribution in [1.82, 2.24) is 4.98 Å². The third-order valence-electron chi connectivity index (χ3n) is 3.73. The zero-order valence-corrected chi connectivity index (χ0v) is 16.2. The van der Waals surface area contributed by atoms with Crippen LogP contribution < -0.4 is 4.90 Å². The van der Waals surface area contributed by atoms with Gasteiger partial charge in [0.15, 0.2) is 11.4 Å². The van der Waals surface area contributed by atoms with Crippen LogP contribution in [0.4, 0.5) is 16.5 Å². The molecule has 0 saturated carbocycles. The largest absolute Gasteiger partial charge is 0.372 e. The van der Waals surface area contributed by atoms with Gasteiger partial charge in [-0.3, -0.25) is 4.79 Å². The van der Waals surface area contributed by atoms with Crippen molar-refractivity contribution in [2.75, 3.05) is 18.0 Å². The molecule has 0 amide bonds. The maximum atomic E-state index is 10.8. The first-order valence-electron chi connectivity index (χ1n) is 8.56. The number of rotatable bonds is 10. The van der Waals surface area contributed by atoms with Crippen molar-refractivity contribution in [3.8, 4) is 0 Å². The smallest absolute Gasteiger partial charge is 0.232 e. The molecule has 0 atom stereocenters. The van der Waals surface area contributed by atoms with E-state index in [0.29, 0.717) is 16.3 Å². The minimum atomic E-state index is 0.173. The molecule has 0 aliphatic heterocycles. The second kappa shape index (κ2) is 10.3. The summed E-state index contributed by atoms with van der Waals surface area (Å²) in [6, 6.07) is 8.04. The summed E-state index contributed by atoms with van der Waals surface area (Å²) in [7, 11) is 0. The van der Waals surface area contributed by atoms with E-state index in [2.05, 4.69) is 46.1 Å². The number of thiazole rings is 1. The average molecular weight is 379 g/mol. The number of aldehydes is 1. The van der Waals surface area contributed by atoms with Crippen LogP contribution in [0.15, 0.2) is 34.5 Å². The molecule has 7 heteroatoms. The lowest BCUT2D eigenvalue weighted by Crippen LogP contribution is -2.25. The van der Waals surface area contributed by atoms with E-state index in [1.165, 1.54) is 31.4 Å². The fraction of sp³-hybridized carbons (Fsp3) is 0.444. The molecule has 1 aromatic carbocycles. The van der Waals surface area contributed by atoms with E-state index in [1.807, 2.05) is 12.1 Å². The Balaban J connectivity index is 2.06. The van der Waals surface area contributed by atoms with Gasteiger partial charge < -0.3 is 4.90 Å². The van der Waals surface area contributed by atoms with Crippen molar-refractivity contribution in [2.45, 2.75) is 39.5 Å². The molecule has 25 heavy (non-hydrogen) atoms. The van der Waals surface area contributed by atoms with Crippen LogP contribution in [0, 0.1) is 0 Å². The fourth-order valence-electron chi connectivity index (χ4n) is 2.32. The van der Waals surface area contributed by atoms with E-state index >= 15 is 0 Å². The van der Waals surface area contributed by atoms with Crippen molar-refractivity contribution in [1.29, 1.82) is 0 Å². The number of benzene rings is 1. The van der Waals surface area contributed by atoms with Gasteiger partial charge in [0.25, 0.3) is 0 Å². The third-order valence-corrected chi connectivity index (χ3v) is 5.00. The van der Waals surface area contributed by atoms with Crippen LogP contribution in [0.2, 0.25) is 5.15 Å². The molecular formula is C18H23ClN4OS. The molecule has 0 aliphatic carbocycles. The molecule has 0 fully saturated rings. The lowest BCUT2D eigenvalue weighted by atomic mass is 10.2. The molecular weight excluding hydrogens is 356 g/mol. The minimum absolute atomic E-state index is 0.173. The first-order chi connectivity index (χ1) is 12.2. The van der Waals surface area contributed by atoms with Crippen molar-refractivity contribution in [3.05, 3.63) is 34.3 Å². The summed E-state index contributed by atoms with van der Waals surface area (Å²) in [5, 5.41) is 8.78. The first kappa shape index (κ1) is 19.5. The Labute approximate surface area is 157 Å². The SMILES string of the molecule is CCCCN(CCCC)c1ccc(N=Nc2nc(Cl)c(C=O)s2)cc1. The molecule has 134 valence electrons. The van der Waals surface area contributed by atoms with Gasteiger partial charge in [0.1, 0.15) is 4.88 Å². The van der Waals surface area contributed by atoms with Gasteiger partial charge in [0.05, 0.1) is 5.69 Å².